The fourth-order valence-corrected chi connectivity index (χ4v) is 5.18. The summed E-state index contributed by atoms with van der Waals surface area (Å²) in [4.78, 5) is 0. The number of hydrogen-bond acceptors (Lipinski definition) is 1. The smallest absolute Gasteiger partial charge is 0.140 e. The monoisotopic (exact) mass is 672 g/mol. The minimum atomic E-state index is -0.505. The van der Waals surface area contributed by atoms with Crippen molar-refractivity contribution in [1.29, 1.82) is 0 Å². The van der Waals surface area contributed by atoms with Gasteiger partial charge in [0.25, 0.3) is 0 Å². The molecule has 0 saturated carbocycles. The molecule has 3 aromatic rings. The maximum atomic E-state index is 5.72. The second-order valence-corrected chi connectivity index (χ2v) is 10.2. The Hall–Kier alpha value is -6.90. The SMILES string of the molecule is C#CC#CC#CC#CC#CC#CC#CC#CC#CC#CC#COc1ccc2c(c1)C(Br)(c1cccc(C)c1)c1cc(C)ccc1-2.[HH].[HH].[HH].[HH].[HH].[HH].[HH].[HH].[HH].[HH].[HH].[HH].[HH].[HH].[HH].[HH].[HH].[HH].[HH].[HH].[HH].[HH]. The fraction of sp³-hybridized carbons (Fsp3) is 0.0698. The first kappa shape index (κ1) is 31.0. The van der Waals surface area contributed by atoms with Crippen LogP contribution >= 0.6 is 15.9 Å². The molecule has 45 heavy (non-hydrogen) atoms. The molecule has 1 aliphatic rings. The van der Waals surface area contributed by atoms with Crippen LogP contribution < -0.4 is 4.74 Å². The van der Waals surface area contributed by atoms with E-state index in [1.165, 1.54) is 22.3 Å². The number of fused-ring (bicyclic) bond motifs is 3. The Morgan fingerprint density at radius 1 is 0.556 bits per heavy atom. The number of terminal acetylenes is 1. The summed E-state index contributed by atoms with van der Waals surface area (Å²) in [5, 5.41) is 0. The van der Waals surface area contributed by atoms with Gasteiger partial charge in [-0.15, -0.1) is 6.42 Å². The van der Waals surface area contributed by atoms with Crippen molar-refractivity contribution < 1.29 is 36.1 Å². The number of aryl methyl sites for hydroxylation is 2. The van der Waals surface area contributed by atoms with Crippen molar-refractivity contribution in [2.45, 2.75) is 18.2 Å². The van der Waals surface area contributed by atoms with Crippen LogP contribution in [0.5, 0.6) is 5.75 Å². The van der Waals surface area contributed by atoms with Crippen LogP contribution in [0, 0.1) is 145 Å². The molecule has 0 N–H and O–H groups in total. The van der Waals surface area contributed by atoms with Gasteiger partial charge in [0.2, 0.25) is 0 Å². The van der Waals surface area contributed by atoms with Crippen LogP contribution in [0.15, 0.2) is 60.7 Å². The molecule has 0 aromatic heterocycles. The van der Waals surface area contributed by atoms with E-state index in [0.717, 1.165) is 16.7 Å². The van der Waals surface area contributed by atoms with Crippen LogP contribution in [0.2, 0.25) is 0 Å². The van der Waals surface area contributed by atoms with Crippen molar-refractivity contribution in [3.05, 3.63) is 88.5 Å². The molecule has 0 amide bonds. The van der Waals surface area contributed by atoms with Crippen molar-refractivity contribution in [3.8, 4) is 148 Å². The molecule has 0 saturated heterocycles. The molecule has 1 unspecified atom stereocenters. The summed E-state index contributed by atoms with van der Waals surface area (Å²) in [5.41, 5.74) is 8.21. The first-order valence-electron chi connectivity index (χ1n) is 13.2. The normalized spacial score (nSPS) is 11.5. The van der Waals surface area contributed by atoms with Crippen LogP contribution in [-0.4, -0.2) is 0 Å². The van der Waals surface area contributed by atoms with Gasteiger partial charge in [-0.05, 0) is 101 Å². The number of hydrogen-bond donors (Lipinski definition) is 0. The Morgan fingerprint density at radius 2 is 1.02 bits per heavy atom. The van der Waals surface area contributed by atoms with Gasteiger partial charge in [-0.1, -0.05) is 75.6 Å². The lowest BCUT2D eigenvalue weighted by atomic mass is 9.87. The predicted molar refractivity (Wildman–Crippen MR) is 230 cm³/mol. The zero-order chi connectivity index (χ0) is 31.7. The molecule has 3 aromatic carbocycles. The van der Waals surface area contributed by atoms with E-state index in [0.29, 0.717) is 5.75 Å². The molecule has 0 aliphatic heterocycles. The number of alkyl halides is 1. The van der Waals surface area contributed by atoms with Crippen molar-refractivity contribution in [1.82, 2.24) is 0 Å². The summed E-state index contributed by atoms with van der Waals surface area (Å²) in [6, 6.07) is 21.1. The van der Waals surface area contributed by atoms with E-state index in [4.69, 9.17) is 11.2 Å². The number of benzene rings is 3. The average molecular weight is 674 g/mol. The van der Waals surface area contributed by atoms with Gasteiger partial charge >= 0.3 is 0 Å². The number of rotatable bonds is 2. The van der Waals surface area contributed by atoms with Crippen LogP contribution in [0.25, 0.3) is 11.1 Å². The van der Waals surface area contributed by atoms with Crippen molar-refractivity contribution >= 4 is 15.9 Å². The zero-order valence-corrected chi connectivity index (χ0v) is 25.7. The lowest BCUT2D eigenvalue weighted by molar-refractivity contribution is 0.519. The Kier molecular flexibility index (Phi) is 11.0. The Balaban J connectivity index is -0.0000000616. The topological polar surface area (TPSA) is 9.23 Å². The quantitative estimate of drug-likeness (QED) is 0.194. The van der Waals surface area contributed by atoms with Gasteiger partial charge in [0, 0.05) is 102 Å². The van der Waals surface area contributed by atoms with Gasteiger partial charge in [0.05, 0.1) is 0 Å². The van der Waals surface area contributed by atoms with E-state index in [9.17, 15) is 0 Å². The third kappa shape index (κ3) is 8.32. The van der Waals surface area contributed by atoms with Crippen LogP contribution in [0.1, 0.15) is 59.2 Å². The second kappa shape index (κ2) is 15.9. The minimum absolute atomic E-state index is 0. The lowest BCUT2D eigenvalue weighted by Gasteiger charge is -2.27. The molecule has 2 heteroatoms. The van der Waals surface area contributed by atoms with E-state index in [-0.39, 0.29) is 31.4 Å². The zero-order valence-electron chi connectivity index (χ0n) is 24.1. The maximum Gasteiger partial charge on any atom is 0.140 e. The van der Waals surface area contributed by atoms with Gasteiger partial charge in [0.15, 0.2) is 0 Å². The number of halogens is 1. The molecule has 0 fully saturated rings. The second-order valence-electron chi connectivity index (χ2n) is 9.01. The van der Waals surface area contributed by atoms with Crippen LogP contribution in [0.3, 0.4) is 0 Å². The Bertz CT molecular complexity index is 2470. The minimum Gasteiger partial charge on any atom is -0.407 e. The lowest BCUT2D eigenvalue weighted by Crippen LogP contribution is -2.18. The molecule has 246 valence electrons. The standard InChI is InChI=1S/C43H17BrO.22H2/c1-4-5-6-7-8-9-10-11-12-13-14-15-16-17-18-19-20-21-22-23-31-45-38-28-30-40-39-29-27-36(3)33-41(39)43(44,42(40)34-38)37-26-24-25-35(2)32-37;;;;;;;;;;;;;;;;;;;;;;/h1,24-30,32-34H,2-3H3;22*1H. The molecule has 1 nitrogen and oxygen atoms in total. The Labute approximate surface area is 306 Å². The molecule has 1 aliphatic carbocycles. The van der Waals surface area contributed by atoms with E-state index in [2.05, 4.69) is 203 Å². The van der Waals surface area contributed by atoms with E-state index in [1.807, 2.05) is 12.1 Å². The highest BCUT2D eigenvalue weighted by Crippen LogP contribution is 2.57. The number of ether oxygens (including phenoxy) is 1. The summed E-state index contributed by atoms with van der Waals surface area (Å²) < 4.78 is 5.21. The summed E-state index contributed by atoms with van der Waals surface area (Å²) in [6.07, 6.45) is 7.60. The molecule has 0 spiro atoms. The first-order chi connectivity index (χ1) is 22.0. The summed E-state index contributed by atoms with van der Waals surface area (Å²) in [6.45, 7) is 4.21. The third-order valence-corrected chi connectivity index (χ3v) is 7.34. The van der Waals surface area contributed by atoms with E-state index in [1.54, 1.807) is 0 Å². The largest absolute Gasteiger partial charge is 0.407 e. The third-order valence-electron chi connectivity index (χ3n) is 6.03. The first-order valence-corrected chi connectivity index (χ1v) is 14.0. The molecule has 0 radical (unpaired) electrons. The highest BCUT2D eigenvalue weighted by atomic mass is 79.9. The maximum absolute atomic E-state index is 5.72. The summed E-state index contributed by atoms with van der Waals surface area (Å²) in [7, 11) is 0. The van der Waals surface area contributed by atoms with Gasteiger partial charge in [-0.25, -0.2) is 0 Å². The highest BCUT2D eigenvalue weighted by molar-refractivity contribution is 9.10. The van der Waals surface area contributed by atoms with E-state index >= 15 is 0 Å². The average Bonchev–Trinajstić information content (AvgIpc) is 3.29. The predicted octanol–water partition coefficient (Wildman–Crippen LogP) is 11.4. The van der Waals surface area contributed by atoms with Crippen molar-refractivity contribution in [2.75, 3.05) is 0 Å². The summed E-state index contributed by atoms with van der Waals surface area (Å²) in [5.74, 6) is 50.9. The Morgan fingerprint density at radius 3 is 1.56 bits per heavy atom. The van der Waals surface area contributed by atoms with E-state index < -0.39 is 4.32 Å². The molecular weight excluding hydrogens is 612 g/mol. The fourth-order valence-electron chi connectivity index (χ4n) is 4.28. The van der Waals surface area contributed by atoms with Crippen LogP contribution in [-0.2, 0) is 4.32 Å². The van der Waals surface area contributed by atoms with Crippen LogP contribution in [0.4, 0.5) is 0 Å². The molecule has 0 heterocycles. The van der Waals surface area contributed by atoms with Gasteiger partial charge < -0.3 is 4.74 Å². The molecule has 1 atom stereocenters. The molecular formula is C43H61BrO. The van der Waals surface area contributed by atoms with Gasteiger partial charge in [0.1, 0.15) is 16.2 Å². The highest BCUT2D eigenvalue weighted by Gasteiger charge is 2.43. The van der Waals surface area contributed by atoms with Crippen molar-refractivity contribution in [3.63, 3.8) is 0 Å². The molecule has 4 rings (SSSR count). The van der Waals surface area contributed by atoms with Gasteiger partial charge in [-0.2, -0.15) is 0 Å². The molecule has 0 bridgehead atoms. The van der Waals surface area contributed by atoms with Crippen molar-refractivity contribution in [2.24, 2.45) is 0 Å². The van der Waals surface area contributed by atoms with Gasteiger partial charge in [-0.3, -0.25) is 0 Å². The summed E-state index contributed by atoms with van der Waals surface area (Å²) >= 11 is 4.14.